The van der Waals surface area contributed by atoms with E-state index in [-0.39, 0.29) is 28.9 Å². The minimum Gasteiger partial charge on any atom is -0.348 e. The van der Waals surface area contributed by atoms with Crippen LogP contribution in [0.15, 0.2) is 24.4 Å². The van der Waals surface area contributed by atoms with Crippen molar-refractivity contribution >= 4 is 29.4 Å². The molecule has 0 bridgehead atoms. The van der Waals surface area contributed by atoms with Crippen LogP contribution in [-0.2, 0) is 4.79 Å². The van der Waals surface area contributed by atoms with Gasteiger partial charge in [-0.25, -0.2) is 9.18 Å². The first-order chi connectivity index (χ1) is 12.7. The number of nitrogens with zero attached hydrogens (tertiary/aromatic N) is 3. The van der Waals surface area contributed by atoms with Crippen molar-refractivity contribution in [2.45, 2.75) is 19.4 Å². The van der Waals surface area contributed by atoms with Crippen LogP contribution in [0.25, 0.3) is 5.69 Å². The van der Waals surface area contributed by atoms with Gasteiger partial charge in [-0.3, -0.25) is 14.9 Å². The van der Waals surface area contributed by atoms with E-state index in [1.165, 1.54) is 18.3 Å². The molecule has 0 spiro atoms. The summed E-state index contributed by atoms with van der Waals surface area (Å²) in [7, 11) is 0. The normalized spacial score (nSPS) is 19.1. The van der Waals surface area contributed by atoms with Gasteiger partial charge in [-0.2, -0.15) is 9.90 Å². The summed E-state index contributed by atoms with van der Waals surface area (Å²) in [5.41, 5.74) is -0.992. The van der Waals surface area contributed by atoms with Gasteiger partial charge in [0.2, 0.25) is 0 Å². The molecule has 2 heterocycles. The van der Waals surface area contributed by atoms with Crippen LogP contribution in [-0.4, -0.2) is 44.9 Å². The Morgan fingerprint density at radius 1 is 1.41 bits per heavy atom. The lowest BCUT2D eigenvalue weighted by atomic mass is 9.86. The molecule has 4 amide bonds. The Balaban J connectivity index is 1.73. The molecule has 1 aliphatic heterocycles. The van der Waals surface area contributed by atoms with Gasteiger partial charge < -0.3 is 10.6 Å². The van der Waals surface area contributed by atoms with Gasteiger partial charge in [0.1, 0.15) is 11.4 Å². The number of benzene rings is 1. The zero-order chi connectivity index (χ0) is 19.8. The lowest BCUT2D eigenvalue weighted by Gasteiger charge is -2.30. The molecule has 2 aromatic rings. The molecular weight excluding hydrogens is 379 g/mol. The molecular formula is C16H16ClFN6O3. The number of imide groups is 1. The monoisotopic (exact) mass is 394 g/mol. The van der Waals surface area contributed by atoms with Crippen molar-refractivity contribution < 1.29 is 18.8 Å². The van der Waals surface area contributed by atoms with Crippen molar-refractivity contribution in [1.29, 1.82) is 0 Å². The minimum atomic E-state index is -1.25. The molecule has 0 aliphatic carbocycles. The Bertz CT molecular complexity index is 931. The number of amides is 4. The molecule has 1 fully saturated rings. The molecule has 142 valence electrons. The Morgan fingerprint density at radius 3 is 2.74 bits per heavy atom. The van der Waals surface area contributed by atoms with Gasteiger partial charge in [-0.05, 0) is 18.1 Å². The Kier molecular flexibility index (Phi) is 4.83. The predicted molar refractivity (Wildman–Crippen MR) is 92.9 cm³/mol. The van der Waals surface area contributed by atoms with E-state index in [0.29, 0.717) is 0 Å². The first-order valence-electron chi connectivity index (χ1n) is 8.02. The SMILES string of the molecule is CC(C)[C@]1(CNC(=O)c2cnn(-c3ccc(Cl)c(F)c3)n2)NC(=O)NC1=O. The second-order valence-corrected chi connectivity index (χ2v) is 6.74. The Hall–Kier alpha value is -3.01. The molecule has 0 saturated carbocycles. The summed E-state index contributed by atoms with van der Waals surface area (Å²) in [6.45, 7) is 3.38. The van der Waals surface area contributed by atoms with Crippen molar-refractivity contribution in [3.05, 3.63) is 40.9 Å². The van der Waals surface area contributed by atoms with Crippen molar-refractivity contribution in [3.63, 3.8) is 0 Å². The average Bonchev–Trinajstić information content (AvgIpc) is 3.20. The maximum atomic E-state index is 13.6. The standard InChI is InChI=1S/C16H16ClFN6O3/c1-8(2)16(14(26)21-15(27)22-16)7-19-13(25)12-6-20-24(23-12)9-3-4-10(17)11(18)5-9/h3-6,8H,7H2,1-2H3,(H,19,25)(H2,21,22,26,27)/t16-/m0/s1. The summed E-state index contributed by atoms with van der Waals surface area (Å²) in [6, 6.07) is 3.37. The topological polar surface area (TPSA) is 118 Å². The second-order valence-electron chi connectivity index (χ2n) is 6.33. The summed E-state index contributed by atoms with van der Waals surface area (Å²) in [5.74, 6) is -2.01. The zero-order valence-electron chi connectivity index (χ0n) is 14.4. The summed E-state index contributed by atoms with van der Waals surface area (Å²) < 4.78 is 13.6. The summed E-state index contributed by atoms with van der Waals surface area (Å²) in [6.07, 6.45) is 1.21. The fraction of sp³-hybridized carbons (Fsp3) is 0.312. The van der Waals surface area contributed by atoms with Gasteiger partial charge in [-0.15, -0.1) is 5.10 Å². The molecule has 9 nitrogen and oxygen atoms in total. The predicted octanol–water partition coefficient (Wildman–Crippen LogP) is 1.02. The quantitative estimate of drug-likeness (QED) is 0.654. The lowest BCUT2D eigenvalue weighted by Crippen LogP contribution is -2.58. The van der Waals surface area contributed by atoms with E-state index >= 15 is 0 Å². The third-order valence-electron chi connectivity index (χ3n) is 4.34. The van der Waals surface area contributed by atoms with E-state index in [4.69, 9.17) is 11.6 Å². The van der Waals surface area contributed by atoms with Crippen molar-refractivity contribution in [2.24, 2.45) is 5.92 Å². The molecule has 1 atom stereocenters. The largest absolute Gasteiger partial charge is 0.348 e. The molecule has 1 aromatic carbocycles. The highest BCUT2D eigenvalue weighted by molar-refractivity contribution is 6.30. The van der Waals surface area contributed by atoms with Crippen molar-refractivity contribution in [1.82, 2.24) is 30.9 Å². The molecule has 3 rings (SSSR count). The van der Waals surface area contributed by atoms with Crippen LogP contribution in [0.4, 0.5) is 9.18 Å². The maximum Gasteiger partial charge on any atom is 0.322 e. The first kappa shape index (κ1) is 18.8. The fourth-order valence-corrected chi connectivity index (χ4v) is 2.77. The van der Waals surface area contributed by atoms with E-state index < -0.39 is 29.2 Å². The number of aromatic nitrogens is 3. The van der Waals surface area contributed by atoms with Crippen LogP contribution in [0.1, 0.15) is 24.3 Å². The van der Waals surface area contributed by atoms with Crippen LogP contribution >= 0.6 is 11.6 Å². The molecule has 1 saturated heterocycles. The highest BCUT2D eigenvalue weighted by Gasteiger charge is 2.48. The van der Waals surface area contributed by atoms with Crippen LogP contribution in [0.3, 0.4) is 0 Å². The van der Waals surface area contributed by atoms with Crippen LogP contribution in [0, 0.1) is 11.7 Å². The van der Waals surface area contributed by atoms with Crippen LogP contribution in [0.2, 0.25) is 5.02 Å². The molecule has 1 aliphatic rings. The van der Waals surface area contributed by atoms with Gasteiger partial charge in [-0.1, -0.05) is 25.4 Å². The molecule has 1 aromatic heterocycles. The van der Waals surface area contributed by atoms with E-state index in [9.17, 15) is 18.8 Å². The van der Waals surface area contributed by atoms with Gasteiger partial charge >= 0.3 is 6.03 Å². The maximum absolute atomic E-state index is 13.6. The van der Waals surface area contributed by atoms with Gasteiger partial charge in [0, 0.05) is 6.07 Å². The molecule has 27 heavy (non-hydrogen) atoms. The number of hydrogen-bond donors (Lipinski definition) is 3. The number of halogens is 2. The third-order valence-corrected chi connectivity index (χ3v) is 4.65. The Morgan fingerprint density at radius 2 is 2.15 bits per heavy atom. The van der Waals surface area contributed by atoms with Gasteiger partial charge in [0.15, 0.2) is 5.69 Å². The first-order valence-corrected chi connectivity index (χ1v) is 8.40. The highest BCUT2D eigenvalue weighted by Crippen LogP contribution is 2.21. The van der Waals surface area contributed by atoms with E-state index in [1.807, 2.05) is 0 Å². The highest BCUT2D eigenvalue weighted by atomic mass is 35.5. The fourth-order valence-electron chi connectivity index (χ4n) is 2.65. The molecule has 0 radical (unpaired) electrons. The molecule has 0 unspecified atom stereocenters. The molecule has 3 N–H and O–H groups in total. The van der Waals surface area contributed by atoms with Crippen LogP contribution in [0.5, 0.6) is 0 Å². The number of carbonyl (C=O) groups is 3. The summed E-state index contributed by atoms with van der Waals surface area (Å²) >= 11 is 5.64. The number of rotatable bonds is 5. The lowest BCUT2D eigenvalue weighted by molar-refractivity contribution is -0.125. The molecule has 11 heteroatoms. The number of carbonyl (C=O) groups excluding carboxylic acids is 3. The van der Waals surface area contributed by atoms with E-state index in [0.717, 1.165) is 10.9 Å². The van der Waals surface area contributed by atoms with Crippen molar-refractivity contribution in [3.8, 4) is 5.69 Å². The third kappa shape index (κ3) is 3.47. The van der Waals surface area contributed by atoms with E-state index in [1.54, 1.807) is 13.8 Å². The van der Waals surface area contributed by atoms with Gasteiger partial charge in [0.25, 0.3) is 11.8 Å². The van der Waals surface area contributed by atoms with Crippen molar-refractivity contribution in [2.75, 3.05) is 6.54 Å². The Labute approximate surface area is 158 Å². The summed E-state index contributed by atoms with van der Waals surface area (Å²) in [5, 5.41) is 15.2. The number of hydrogen-bond acceptors (Lipinski definition) is 5. The summed E-state index contributed by atoms with van der Waals surface area (Å²) in [4.78, 5) is 37.0. The smallest absolute Gasteiger partial charge is 0.322 e. The minimum absolute atomic E-state index is 0.0333. The van der Waals surface area contributed by atoms with E-state index in [2.05, 4.69) is 26.1 Å². The number of urea groups is 1. The number of nitrogens with one attached hydrogen (secondary N) is 3. The second kappa shape index (κ2) is 6.95. The van der Waals surface area contributed by atoms with Crippen LogP contribution < -0.4 is 16.0 Å². The zero-order valence-corrected chi connectivity index (χ0v) is 15.2. The van der Waals surface area contributed by atoms with Gasteiger partial charge in [0.05, 0.1) is 23.5 Å². The average molecular weight is 395 g/mol.